The monoisotopic (exact) mass is 219 g/mol. The first kappa shape index (κ1) is 12.8. The Morgan fingerprint density at radius 3 is 2.44 bits per heavy atom. The maximum absolute atomic E-state index is 11.7. The van der Waals surface area contributed by atoms with Crippen molar-refractivity contribution < 1.29 is 4.79 Å². The molecular weight excluding hydrogens is 198 g/mol. The van der Waals surface area contributed by atoms with Gasteiger partial charge in [0.05, 0.1) is 0 Å². The van der Waals surface area contributed by atoms with E-state index in [0.29, 0.717) is 6.42 Å². The van der Waals surface area contributed by atoms with Gasteiger partial charge in [-0.15, -0.1) is 0 Å². The van der Waals surface area contributed by atoms with Gasteiger partial charge >= 0.3 is 0 Å². The van der Waals surface area contributed by atoms with Gasteiger partial charge < -0.3 is 4.90 Å². The van der Waals surface area contributed by atoms with Gasteiger partial charge in [0, 0.05) is 19.5 Å². The Morgan fingerprint density at radius 2 is 1.88 bits per heavy atom. The normalized spacial score (nSPS) is 10.1. The van der Waals surface area contributed by atoms with E-state index in [0.717, 1.165) is 25.9 Å². The van der Waals surface area contributed by atoms with E-state index < -0.39 is 0 Å². The van der Waals surface area contributed by atoms with Crippen LogP contribution in [-0.2, 0) is 11.2 Å². The highest BCUT2D eigenvalue weighted by molar-refractivity contribution is 5.76. The molecule has 0 aliphatic rings. The van der Waals surface area contributed by atoms with Crippen molar-refractivity contribution in [2.24, 2.45) is 0 Å². The summed E-state index contributed by atoms with van der Waals surface area (Å²) in [6, 6.07) is 10.3. The number of hydrogen-bond donors (Lipinski definition) is 0. The Hall–Kier alpha value is -1.31. The number of amides is 1. The second-order valence-electron chi connectivity index (χ2n) is 3.96. The average molecular weight is 219 g/mol. The lowest BCUT2D eigenvalue weighted by Gasteiger charge is -2.20. The predicted molar refractivity (Wildman–Crippen MR) is 67.3 cm³/mol. The summed E-state index contributed by atoms with van der Waals surface area (Å²) in [6.45, 7) is 5.73. The zero-order chi connectivity index (χ0) is 11.8. The molecule has 0 heterocycles. The van der Waals surface area contributed by atoms with Crippen molar-refractivity contribution >= 4 is 5.91 Å². The molecule has 0 N–H and O–H groups in total. The number of likely N-dealkylation sites (N-methyl/N-ethyl adjacent to an activating group) is 1. The quantitative estimate of drug-likeness (QED) is 0.720. The van der Waals surface area contributed by atoms with Gasteiger partial charge in [-0.05, 0) is 25.3 Å². The molecule has 16 heavy (non-hydrogen) atoms. The predicted octanol–water partition coefficient (Wildman–Crippen LogP) is 2.88. The summed E-state index contributed by atoms with van der Waals surface area (Å²) in [6.07, 6.45) is 2.55. The van der Waals surface area contributed by atoms with Crippen LogP contribution in [-0.4, -0.2) is 23.9 Å². The second-order valence-corrected chi connectivity index (χ2v) is 3.96. The van der Waals surface area contributed by atoms with Gasteiger partial charge in [0.25, 0.3) is 0 Å². The molecule has 0 aliphatic heterocycles. The first-order valence-electron chi connectivity index (χ1n) is 6.09. The van der Waals surface area contributed by atoms with Crippen molar-refractivity contribution in [3.63, 3.8) is 0 Å². The first-order chi connectivity index (χ1) is 7.77. The molecule has 1 aromatic rings. The lowest BCUT2D eigenvalue weighted by atomic mass is 10.1. The Kier molecular flexibility index (Phi) is 5.62. The van der Waals surface area contributed by atoms with Crippen LogP contribution < -0.4 is 0 Å². The molecule has 0 aromatic heterocycles. The van der Waals surface area contributed by atoms with Gasteiger partial charge in [-0.1, -0.05) is 37.3 Å². The summed E-state index contributed by atoms with van der Waals surface area (Å²) in [5, 5.41) is 0. The zero-order valence-electron chi connectivity index (χ0n) is 10.3. The number of rotatable bonds is 6. The molecule has 0 saturated carbocycles. The second kappa shape index (κ2) is 7.04. The molecule has 0 aliphatic carbocycles. The third-order valence-electron chi connectivity index (χ3n) is 2.71. The van der Waals surface area contributed by atoms with E-state index in [1.54, 1.807) is 0 Å². The van der Waals surface area contributed by atoms with E-state index in [1.165, 1.54) is 5.56 Å². The van der Waals surface area contributed by atoms with E-state index in [2.05, 4.69) is 12.1 Å². The van der Waals surface area contributed by atoms with E-state index in [4.69, 9.17) is 0 Å². The number of hydrogen-bond acceptors (Lipinski definition) is 1. The Balaban J connectivity index is 2.43. The highest BCUT2D eigenvalue weighted by Gasteiger charge is 2.09. The maximum atomic E-state index is 11.7. The minimum atomic E-state index is 0.279. The van der Waals surface area contributed by atoms with E-state index in [9.17, 15) is 4.79 Å². The van der Waals surface area contributed by atoms with Crippen LogP contribution in [0.4, 0.5) is 0 Å². The highest BCUT2D eigenvalue weighted by atomic mass is 16.2. The number of carbonyl (C=O) groups is 1. The maximum Gasteiger partial charge on any atom is 0.222 e. The highest BCUT2D eigenvalue weighted by Crippen LogP contribution is 2.03. The van der Waals surface area contributed by atoms with Crippen molar-refractivity contribution in [1.82, 2.24) is 4.90 Å². The molecular formula is C14H21NO. The molecule has 1 amide bonds. The van der Waals surface area contributed by atoms with Gasteiger partial charge in [0.15, 0.2) is 0 Å². The fourth-order valence-electron chi connectivity index (χ4n) is 1.74. The van der Waals surface area contributed by atoms with E-state index >= 15 is 0 Å². The van der Waals surface area contributed by atoms with Crippen LogP contribution in [0.15, 0.2) is 30.3 Å². The molecule has 88 valence electrons. The van der Waals surface area contributed by atoms with Gasteiger partial charge in [-0.3, -0.25) is 4.79 Å². The topological polar surface area (TPSA) is 20.3 Å². The van der Waals surface area contributed by atoms with Crippen molar-refractivity contribution in [2.45, 2.75) is 33.1 Å². The summed E-state index contributed by atoms with van der Waals surface area (Å²) in [4.78, 5) is 13.7. The summed E-state index contributed by atoms with van der Waals surface area (Å²) in [7, 11) is 0. The largest absolute Gasteiger partial charge is 0.343 e. The minimum absolute atomic E-state index is 0.279. The van der Waals surface area contributed by atoms with Gasteiger partial charge in [0.1, 0.15) is 0 Å². The lowest BCUT2D eigenvalue weighted by Crippen LogP contribution is -2.32. The van der Waals surface area contributed by atoms with Crippen molar-refractivity contribution in [3.05, 3.63) is 35.9 Å². The molecule has 0 spiro atoms. The number of carbonyl (C=O) groups excluding carboxylic acids is 1. The SMILES string of the molecule is CCCC(=O)N(CC)CCc1ccccc1. The molecule has 2 nitrogen and oxygen atoms in total. The standard InChI is InChI=1S/C14H21NO/c1-3-8-14(16)15(4-2)12-11-13-9-6-5-7-10-13/h5-7,9-10H,3-4,8,11-12H2,1-2H3. The summed E-state index contributed by atoms with van der Waals surface area (Å²) < 4.78 is 0. The Labute approximate surface area is 98.3 Å². The van der Waals surface area contributed by atoms with Gasteiger partial charge in [-0.25, -0.2) is 0 Å². The molecule has 1 rings (SSSR count). The molecule has 2 heteroatoms. The van der Waals surface area contributed by atoms with Crippen LogP contribution in [0.2, 0.25) is 0 Å². The summed E-state index contributed by atoms with van der Waals surface area (Å²) in [5.41, 5.74) is 1.30. The third-order valence-corrected chi connectivity index (χ3v) is 2.71. The van der Waals surface area contributed by atoms with Crippen molar-refractivity contribution in [3.8, 4) is 0 Å². The van der Waals surface area contributed by atoms with Gasteiger partial charge in [-0.2, -0.15) is 0 Å². The van der Waals surface area contributed by atoms with E-state index in [-0.39, 0.29) is 5.91 Å². The Bertz CT molecular complexity index is 308. The molecule has 1 aromatic carbocycles. The van der Waals surface area contributed by atoms with Crippen LogP contribution in [0.5, 0.6) is 0 Å². The van der Waals surface area contributed by atoms with Gasteiger partial charge in [0.2, 0.25) is 5.91 Å². The van der Waals surface area contributed by atoms with Crippen LogP contribution in [0.1, 0.15) is 32.3 Å². The molecule has 0 saturated heterocycles. The van der Waals surface area contributed by atoms with Crippen LogP contribution in [0.3, 0.4) is 0 Å². The fraction of sp³-hybridized carbons (Fsp3) is 0.500. The van der Waals surface area contributed by atoms with Crippen molar-refractivity contribution in [2.75, 3.05) is 13.1 Å². The van der Waals surface area contributed by atoms with Crippen LogP contribution in [0.25, 0.3) is 0 Å². The minimum Gasteiger partial charge on any atom is -0.343 e. The third kappa shape index (κ3) is 4.05. The molecule has 0 unspecified atom stereocenters. The summed E-state index contributed by atoms with van der Waals surface area (Å²) >= 11 is 0. The molecule has 0 atom stereocenters. The van der Waals surface area contributed by atoms with E-state index in [1.807, 2.05) is 36.9 Å². The lowest BCUT2D eigenvalue weighted by molar-refractivity contribution is -0.131. The van der Waals surface area contributed by atoms with Crippen LogP contribution in [0, 0.1) is 0 Å². The van der Waals surface area contributed by atoms with Crippen LogP contribution >= 0.6 is 0 Å². The summed E-state index contributed by atoms with van der Waals surface area (Å²) in [5.74, 6) is 0.279. The molecule has 0 fully saturated rings. The number of nitrogens with zero attached hydrogens (tertiary/aromatic N) is 1. The average Bonchev–Trinajstić information content (AvgIpc) is 2.31. The fourth-order valence-corrected chi connectivity index (χ4v) is 1.74. The van der Waals surface area contributed by atoms with Crippen molar-refractivity contribution in [1.29, 1.82) is 0 Å². The first-order valence-corrected chi connectivity index (χ1v) is 6.09. The number of benzene rings is 1. The smallest absolute Gasteiger partial charge is 0.222 e. The molecule has 0 radical (unpaired) electrons. The Morgan fingerprint density at radius 1 is 1.19 bits per heavy atom. The zero-order valence-corrected chi connectivity index (χ0v) is 10.3. The molecule has 0 bridgehead atoms.